The van der Waals surface area contributed by atoms with Crippen LogP contribution in [0.25, 0.3) is 10.8 Å². The lowest BCUT2D eigenvalue weighted by atomic mass is 10.1. The Labute approximate surface area is 98.2 Å². The van der Waals surface area contributed by atoms with Crippen LogP contribution in [0.4, 0.5) is 4.39 Å². The standard InChI is InChI=1S/C10H6BrClFNO/c1-4-9(12)6-2-5(11)3-7(13)8(6)10(15)14-4/h2-3H,1H3,(H,14,15). The number of nitrogens with one attached hydrogen (secondary N) is 1. The number of pyridine rings is 1. The minimum absolute atomic E-state index is 0.00574. The Morgan fingerprint density at radius 3 is 2.80 bits per heavy atom. The lowest BCUT2D eigenvalue weighted by Crippen LogP contribution is -2.10. The molecular formula is C10H6BrClFNO. The Balaban J connectivity index is 3.10. The molecular weight excluding hydrogens is 284 g/mol. The van der Waals surface area contributed by atoms with Crippen LogP contribution in [0.3, 0.4) is 0 Å². The van der Waals surface area contributed by atoms with E-state index < -0.39 is 11.4 Å². The third-order valence-corrected chi connectivity index (χ3v) is 3.09. The van der Waals surface area contributed by atoms with Gasteiger partial charge in [0, 0.05) is 15.6 Å². The maximum Gasteiger partial charge on any atom is 0.259 e. The fraction of sp³-hybridized carbons (Fsp3) is 0.100. The molecule has 1 heterocycles. The Morgan fingerprint density at radius 1 is 1.47 bits per heavy atom. The molecule has 0 aliphatic heterocycles. The fourth-order valence-corrected chi connectivity index (χ4v) is 2.09. The summed E-state index contributed by atoms with van der Waals surface area (Å²) in [6.07, 6.45) is 0. The van der Waals surface area contributed by atoms with Gasteiger partial charge in [0.15, 0.2) is 0 Å². The Kier molecular flexibility index (Phi) is 2.56. The number of rotatable bonds is 0. The third kappa shape index (κ3) is 1.68. The first-order valence-corrected chi connectivity index (χ1v) is 5.35. The van der Waals surface area contributed by atoms with Crippen molar-refractivity contribution in [3.8, 4) is 0 Å². The molecule has 2 nitrogen and oxygen atoms in total. The molecule has 2 rings (SSSR count). The average molecular weight is 291 g/mol. The van der Waals surface area contributed by atoms with E-state index in [1.807, 2.05) is 0 Å². The smallest absolute Gasteiger partial charge is 0.259 e. The van der Waals surface area contributed by atoms with Crippen LogP contribution in [0.1, 0.15) is 5.69 Å². The summed E-state index contributed by atoms with van der Waals surface area (Å²) >= 11 is 9.14. The van der Waals surface area contributed by atoms with Crippen molar-refractivity contribution in [1.82, 2.24) is 4.98 Å². The summed E-state index contributed by atoms with van der Waals surface area (Å²) in [5.41, 5.74) is 0.0727. The van der Waals surface area contributed by atoms with Crippen LogP contribution in [-0.4, -0.2) is 4.98 Å². The number of benzene rings is 1. The third-order valence-electron chi connectivity index (χ3n) is 2.15. The molecule has 0 atom stereocenters. The quantitative estimate of drug-likeness (QED) is 0.792. The van der Waals surface area contributed by atoms with Gasteiger partial charge in [0.25, 0.3) is 5.56 Å². The van der Waals surface area contributed by atoms with Crippen molar-refractivity contribution in [2.45, 2.75) is 6.92 Å². The molecule has 0 fully saturated rings. The van der Waals surface area contributed by atoms with Gasteiger partial charge in [0.2, 0.25) is 0 Å². The van der Waals surface area contributed by atoms with Gasteiger partial charge < -0.3 is 4.98 Å². The average Bonchev–Trinajstić information content (AvgIpc) is 2.12. The summed E-state index contributed by atoms with van der Waals surface area (Å²) < 4.78 is 14.1. The number of aryl methyl sites for hydroxylation is 1. The predicted octanol–water partition coefficient (Wildman–Crippen LogP) is 3.39. The molecule has 0 spiro atoms. The summed E-state index contributed by atoms with van der Waals surface area (Å²) in [5, 5.41) is 0.781. The van der Waals surface area contributed by atoms with Crippen molar-refractivity contribution in [2.75, 3.05) is 0 Å². The van der Waals surface area contributed by atoms with Crippen molar-refractivity contribution >= 4 is 38.3 Å². The highest BCUT2D eigenvalue weighted by Gasteiger charge is 2.11. The van der Waals surface area contributed by atoms with E-state index in [2.05, 4.69) is 20.9 Å². The highest BCUT2D eigenvalue weighted by atomic mass is 79.9. The van der Waals surface area contributed by atoms with Crippen LogP contribution >= 0.6 is 27.5 Å². The highest BCUT2D eigenvalue weighted by Crippen LogP contribution is 2.27. The van der Waals surface area contributed by atoms with E-state index in [1.165, 1.54) is 6.07 Å². The van der Waals surface area contributed by atoms with Gasteiger partial charge in [0.05, 0.1) is 10.4 Å². The molecule has 15 heavy (non-hydrogen) atoms. The molecule has 0 amide bonds. The second-order valence-electron chi connectivity index (χ2n) is 3.20. The molecule has 78 valence electrons. The fourth-order valence-electron chi connectivity index (χ4n) is 1.47. The molecule has 2 aromatic rings. The van der Waals surface area contributed by atoms with Gasteiger partial charge in [-0.2, -0.15) is 0 Å². The molecule has 0 saturated carbocycles. The van der Waals surface area contributed by atoms with Crippen LogP contribution in [0.2, 0.25) is 5.02 Å². The van der Waals surface area contributed by atoms with Gasteiger partial charge in [-0.1, -0.05) is 27.5 Å². The number of halogens is 3. The SMILES string of the molecule is Cc1[nH]c(=O)c2c(F)cc(Br)cc2c1Cl. The topological polar surface area (TPSA) is 32.9 Å². The van der Waals surface area contributed by atoms with Gasteiger partial charge in [-0.25, -0.2) is 4.39 Å². The zero-order chi connectivity index (χ0) is 11.2. The zero-order valence-electron chi connectivity index (χ0n) is 7.70. The maximum absolute atomic E-state index is 13.5. The molecule has 0 aliphatic carbocycles. The summed E-state index contributed by atoms with van der Waals surface area (Å²) in [5.74, 6) is -0.581. The first-order chi connectivity index (χ1) is 7.00. The van der Waals surface area contributed by atoms with E-state index in [-0.39, 0.29) is 5.39 Å². The van der Waals surface area contributed by atoms with E-state index in [1.54, 1.807) is 13.0 Å². The zero-order valence-corrected chi connectivity index (χ0v) is 10.0. The second kappa shape index (κ2) is 3.61. The van der Waals surface area contributed by atoms with Crippen LogP contribution in [0.15, 0.2) is 21.4 Å². The minimum Gasteiger partial charge on any atom is -0.324 e. The van der Waals surface area contributed by atoms with E-state index >= 15 is 0 Å². The van der Waals surface area contributed by atoms with E-state index in [4.69, 9.17) is 11.6 Å². The monoisotopic (exact) mass is 289 g/mol. The van der Waals surface area contributed by atoms with Crippen molar-refractivity contribution in [2.24, 2.45) is 0 Å². The van der Waals surface area contributed by atoms with E-state index in [9.17, 15) is 9.18 Å². The van der Waals surface area contributed by atoms with Crippen molar-refractivity contribution in [3.63, 3.8) is 0 Å². The first-order valence-electron chi connectivity index (χ1n) is 4.18. The summed E-state index contributed by atoms with van der Waals surface area (Å²) in [7, 11) is 0. The number of fused-ring (bicyclic) bond motifs is 1. The van der Waals surface area contributed by atoms with Crippen LogP contribution < -0.4 is 5.56 Å². The van der Waals surface area contributed by atoms with Crippen molar-refractivity contribution in [3.05, 3.63) is 43.5 Å². The first kappa shape index (κ1) is 10.6. The summed E-state index contributed by atoms with van der Waals surface area (Å²) in [6.45, 7) is 1.67. The van der Waals surface area contributed by atoms with Crippen molar-refractivity contribution in [1.29, 1.82) is 0 Å². The maximum atomic E-state index is 13.5. The van der Waals surface area contributed by atoms with Crippen molar-refractivity contribution < 1.29 is 4.39 Å². The number of hydrogen-bond acceptors (Lipinski definition) is 1. The Hall–Kier alpha value is -0.870. The highest BCUT2D eigenvalue weighted by molar-refractivity contribution is 9.10. The molecule has 0 unspecified atom stereocenters. The summed E-state index contributed by atoms with van der Waals surface area (Å²) in [4.78, 5) is 14.0. The normalized spacial score (nSPS) is 10.9. The minimum atomic E-state index is -0.581. The molecule has 0 aliphatic rings. The number of aromatic amines is 1. The largest absolute Gasteiger partial charge is 0.324 e. The molecule has 5 heteroatoms. The molecule has 1 aromatic carbocycles. The number of H-pyrrole nitrogens is 1. The van der Waals surface area contributed by atoms with Crippen LogP contribution in [0.5, 0.6) is 0 Å². The lowest BCUT2D eigenvalue weighted by molar-refractivity contribution is 0.637. The van der Waals surface area contributed by atoms with E-state index in [0.29, 0.717) is 20.6 Å². The number of hydrogen-bond donors (Lipinski definition) is 1. The Morgan fingerprint density at radius 2 is 2.13 bits per heavy atom. The van der Waals surface area contributed by atoms with Crippen LogP contribution in [0, 0.1) is 12.7 Å². The van der Waals surface area contributed by atoms with Gasteiger partial charge in [-0.3, -0.25) is 4.79 Å². The lowest BCUT2D eigenvalue weighted by Gasteiger charge is -2.04. The number of aromatic nitrogens is 1. The molecule has 0 radical (unpaired) electrons. The Bertz CT molecular complexity index is 608. The van der Waals surface area contributed by atoms with Gasteiger partial charge in [-0.15, -0.1) is 0 Å². The molecule has 0 saturated heterocycles. The predicted molar refractivity (Wildman–Crippen MR) is 62.0 cm³/mol. The van der Waals surface area contributed by atoms with Gasteiger partial charge in [0.1, 0.15) is 5.82 Å². The van der Waals surface area contributed by atoms with Gasteiger partial charge >= 0.3 is 0 Å². The molecule has 1 N–H and O–H groups in total. The summed E-state index contributed by atoms with van der Waals surface area (Å²) in [6, 6.07) is 2.87. The van der Waals surface area contributed by atoms with Gasteiger partial charge in [-0.05, 0) is 19.1 Å². The second-order valence-corrected chi connectivity index (χ2v) is 4.50. The van der Waals surface area contributed by atoms with E-state index in [0.717, 1.165) is 0 Å². The van der Waals surface area contributed by atoms with Crippen LogP contribution in [-0.2, 0) is 0 Å². The molecule has 1 aromatic heterocycles. The molecule has 0 bridgehead atoms.